The highest BCUT2D eigenvalue weighted by Crippen LogP contribution is 2.10. The van der Waals surface area contributed by atoms with Crippen LogP contribution in [-0.2, 0) is 12.8 Å². The first kappa shape index (κ1) is 13.6. The first-order valence-corrected chi connectivity index (χ1v) is 7.20. The van der Waals surface area contributed by atoms with E-state index in [4.69, 9.17) is 5.73 Å². The molecule has 106 valence electrons. The summed E-state index contributed by atoms with van der Waals surface area (Å²) in [4.78, 5) is 0. The van der Waals surface area contributed by atoms with Crippen LogP contribution < -0.4 is 5.73 Å². The summed E-state index contributed by atoms with van der Waals surface area (Å²) in [7, 11) is 0. The zero-order valence-corrected chi connectivity index (χ0v) is 11.9. The summed E-state index contributed by atoms with van der Waals surface area (Å²) in [5.74, 6) is 0. The number of para-hydroxylation sites is 1. The van der Waals surface area contributed by atoms with Gasteiger partial charge in [0.15, 0.2) is 0 Å². The number of benzene rings is 2. The van der Waals surface area contributed by atoms with Gasteiger partial charge >= 0.3 is 0 Å². The van der Waals surface area contributed by atoms with Crippen LogP contribution in [-0.4, -0.2) is 15.8 Å². The highest BCUT2D eigenvalue weighted by Gasteiger charge is 2.08. The van der Waals surface area contributed by atoms with E-state index in [0.29, 0.717) is 0 Å². The van der Waals surface area contributed by atoms with Gasteiger partial charge in [-0.1, -0.05) is 48.5 Å². The second-order valence-corrected chi connectivity index (χ2v) is 5.28. The highest BCUT2D eigenvalue weighted by atomic mass is 15.3. The second-order valence-electron chi connectivity index (χ2n) is 5.28. The molecule has 0 amide bonds. The molecular formula is C18H19N3. The summed E-state index contributed by atoms with van der Waals surface area (Å²) in [5, 5.41) is 4.41. The molecule has 1 heterocycles. The monoisotopic (exact) mass is 277 g/mol. The Labute approximate surface area is 125 Å². The van der Waals surface area contributed by atoms with Crippen LogP contribution >= 0.6 is 0 Å². The lowest BCUT2D eigenvalue weighted by atomic mass is 10.0. The van der Waals surface area contributed by atoms with Crippen LogP contribution in [0.4, 0.5) is 0 Å². The van der Waals surface area contributed by atoms with Crippen molar-refractivity contribution in [1.82, 2.24) is 9.78 Å². The third-order valence-corrected chi connectivity index (χ3v) is 3.50. The molecule has 0 saturated carbocycles. The summed E-state index contributed by atoms with van der Waals surface area (Å²) in [5.41, 5.74) is 9.77. The molecule has 0 bridgehead atoms. The Morgan fingerprint density at radius 1 is 0.857 bits per heavy atom. The molecule has 1 unspecified atom stereocenters. The van der Waals surface area contributed by atoms with Crippen LogP contribution in [0.15, 0.2) is 73.1 Å². The van der Waals surface area contributed by atoms with Crippen LogP contribution in [0.5, 0.6) is 0 Å². The largest absolute Gasteiger partial charge is 0.327 e. The zero-order chi connectivity index (χ0) is 14.5. The Balaban J connectivity index is 1.65. The van der Waals surface area contributed by atoms with Gasteiger partial charge in [-0.2, -0.15) is 5.10 Å². The normalized spacial score (nSPS) is 12.2. The Hall–Kier alpha value is -2.39. The van der Waals surface area contributed by atoms with Crippen molar-refractivity contribution in [2.24, 2.45) is 5.73 Å². The first-order chi connectivity index (χ1) is 10.3. The maximum absolute atomic E-state index is 6.25. The van der Waals surface area contributed by atoms with Crippen molar-refractivity contribution >= 4 is 0 Å². The molecule has 0 aliphatic carbocycles. The molecule has 3 aromatic rings. The summed E-state index contributed by atoms with van der Waals surface area (Å²) >= 11 is 0. The van der Waals surface area contributed by atoms with E-state index in [2.05, 4.69) is 35.6 Å². The molecule has 3 heteroatoms. The summed E-state index contributed by atoms with van der Waals surface area (Å²) in [6.07, 6.45) is 5.68. The van der Waals surface area contributed by atoms with E-state index in [1.165, 1.54) is 11.1 Å². The molecule has 0 aliphatic rings. The fourth-order valence-corrected chi connectivity index (χ4v) is 2.48. The smallest absolute Gasteiger partial charge is 0.0645 e. The Bertz CT molecular complexity index is 674. The lowest BCUT2D eigenvalue weighted by molar-refractivity contribution is 0.664. The molecule has 2 aromatic carbocycles. The van der Waals surface area contributed by atoms with Crippen molar-refractivity contribution in [3.05, 3.63) is 84.2 Å². The molecule has 0 spiro atoms. The van der Waals surface area contributed by atoms with Gasteiger partial charge in [0.2, 0.25) is 0 Å². The van der Waals surface area contributed by atoms with Crippen LogP contribution in [0.2, 0.25) is 0 Å². The summed E-state index contributed by atoms with van der Waals surface area (Å²) in [6.45, 7) is 0. The lowest BCUT2D eigenvalue weighted by Crippen LogP contribution is -2.25. The van der Waals surface area contributed by atoms with Gasteiger partial charge in [-0.3, -0.25) is 0 Å². The molecule has 21 heavy (non-hydrogen) atoms. The van der Waals surface area contributed by atoms with E-state index in [0.717, 1.165) is 18.5 Å². The van der Waals surface area contributed by atoms with Gasteiger partial charge in [-0.05, 0) is 36.1 Å². The molecule has 0 aliphatic heterocycles. The Kier molecular flexibility index (Phi) is 4.12. The summed E-state index contributed by atoms with van der Waals surface area (Å²) < 4.78 is 1.89. The number of hydrogen-bond acceptors (Lipinski definition) is 2. The average Bonchev–Trinajstić information content (AvgIpc) is 2.97. The Morgan fingerprint density at radius 3 is 2.19 bits per heavy atom. The number of rotatable bonds is 5. The molecule has 1 aromatic heterocycles. The molecule has 3 nitrogen and oxygen atoms in total. The maximum Gasteiger partial charge on any atom is 0.0645 e. The average molecular weight is 277 g/mol. The summed E-state index contributed by atoms with van der Waals surface area (Å²) in [6, 6.07) is 20.6. The van der Waals surface area contributed by atoms with Crippen molar-refractivity contribution in [2.75, 3.05) is 0 Å². The van der Waals surface area contributed by atoms with Crippen LogP contribution in [0.3, 0.4) is 0 Å². The van der Waals surface area contributed by atoms with Crippen molar-refractivity contribution in [1.29, 1.82) is 0 Å². The minimum atomic E-state index is 0.112. The molecular weight excluding hydrogens is 258 g/mol. The predicted molar refractivity (Wildman–Crippen MR) is 85.4 cm³/mol. The van der Waals surface area contributed by atoms with Gasteiger partial charge in [0.05, 0.1) is 11.9 Å². The van der Waals surface area contributed by atoms with E-state index in [1.807, 2.05) is 47.3 Å². The fourth-order valence-electron chi connectivity index (χ4n) is 2.48. The third-order valence-electron chi connectivity index (χ3n) is 3.50. The van der Waals surface area contributed by atoms with Gasteiger partial charge in [0, 0.05) is 12.2 Å². The van der Waals surface area contributed by atoms with Crippen molar-refractivity contribution in [3.63, 3.8) is 0 Å². The molecule has 0 radical (unpaired) electrons. The second kappa shape index (κ2) is 6.37. The highest BCUT2D eigenvalue weighted by molar-refractivity contribution is 5.31. The fraction of sp³-hybridized carbons (Fsp3) is 0.167. The van der Waals surface area contributed by atoms with E-state index in [-0.39, 0.29) is 6.04 Å². The SMILES string of the molecule is NC(Cc1ccccc1)Cc1cnn(-c2ccccc2)c1. The van der Waals surface area contributed by atoms with Gasteiger partial charge in [-0.25, -0.2) is 4.68 Å². The minimum absolute atomic E-state index is 0.112. The van der Waals surface area contributed by atoms with E-state index < -0.39 is 0 Å². The first-order valence-electron chi connectivity index (χ1n) is 7.20. The number of aromatic nitrogens is 2. The minimum Gasteiger partial charge on any atom is -0.327 e. The molecule has 0 saturated heterocycles. The molecule has 2 N–H and O–H groups in total. The quantitative estimate of drug-likeness (QED) is 0.779. The Morgan fingerprint density at radius 2 is 1.48 bits per heavy atom. The van der Waals surface area contributed by atoms with E-state index in [9.17, 15) is 0 Å². The number of nitrogens with zero attached hydrogens (tertiary/aromatic N) is 2. The van der Waals surface area contributed by atoms with Crippen molar-refractivity contribution in [2.45, 2.75) is 18.9 Å². The predicted octanol–water partition coefficient (Wildman–Crippen LogP) is 2.98. The van der Waals surface area contributed by atoms with Gasteiger partial charge in [-0.15, -0.1) is 0 Å². The van der Waals surface area contributed by atoms with Crippen LogP contribution in [0.25, 0.3) is 5.69 Å². The number of nitrogens with two attached hydrogens (primary N) is 1. The molecule has 0 fully saturated rings. The van der Waals surface area contributed by atoms with Gasteiger partial charge in [0.25, 0.3) is 0 Å². The lowest BCUT2D eigenvalue weighted by Gasteiger charge is -2.10. The van der Waals surface area contributed by atoms with Gasteiger partial charge < -0.3 is 5.73 Å². The van der Waals surface area contributed by atoms with Crippen LogP contribution in [0, 0.1) is 0 Å². The maximum atomic E-state index is 6.25. The standard InChI is InChI=1S/C18H19N3/c19-17(11-15-7-3-1-4-8-15)12-16-13-20-21(14-16)18-9-5-2-6-10-18/h1-10,13-14,17H,11-12,19H2. The zero-order valence-electron chi connectivity index (χ0n) is 11.9. The van der Waals surface area contributed by atoms with Crippen molar-refractivity contribution < 1.29 is 0 Å². The topological polar surface area (TPSA) is 43.8 Å². The number of hydrogen-bond donors (Lipinski definition) is 1. The molecule has 3 rings (SSSR count). The van der Waals surface area contributed by atoms with E-state index in [1.54, 1.807) is 0 Å². The molecule has 1 atom stereocenters. The van der Waals surface area contributed by atoms with Crippen LogP contribution in [0.1, 0.15) is 11.1 Å². The third kappa shape index (κ3) is 3.58. The van der Waals surface area contributed by atoms with Gasteiger partial charge in [0.1, 0.15) is 0 Å². The van der Waals surface area contributed by atoms with E-state index >= 15 is 0 Å². The van der Waals surface area contributed by atoms with Crippen molar-refractivity contribution in [3.8, 4) is 5.69 Å².